The summed E-state index contributed by atoms with van der Waals surface area (Å²) in [5.41, 5.74) is 2.25. The van der Waals surface area contributed by atoms with Crippen LogP contribution >= 0.6 is 15.9 Å². The fourth-order valence-electron chi connectivity index (χ4n) is 3.72. The zero-order chi connectivity index (χ0) is 20.4. The lowest BCUT2D eigenvalue weighted by atomic mass is 9.71. The summed E-state index contributed by atoms with van der Waals surface area (Å²) in [6.45, 7) is 3.83. The molecule has 5 nitrogen and oxygen atoms in total. The minimum Gasteiger partial charge on any atom is -0.468 e. The van der Waals surface area contributed by atoms with Crippen LogP contribution in [0.3, 0.4) is 0 Å². The van der Waals surface area contributed by atoms with Gasteiger partial charge in [0.25, 0.3) is 0 Å². The van der Waals surface area contributed by atoms with Crippen molar-refractivity contribution in [2.45, 2.75) is 26.2 Å². The van der Waals surface area contributed by atoms with Crippen LogP contribution in [0, 0.1) is 18.8 Å². The van der Waals surface area contributed by atoms with E-state index in [2.05, 4.69) is 15.9 Å². The number of halogens is 1. The van der Waals surface area contributed by atoms with Gasteiger partial charge in [-0.25, -0.2) is 0 Å². The Hall–Kier alpha value is -2.47. The van der Waals surface area contributed by atoms with E-state index in [4.69, 9.17) is 9.47 Å². The molecule has 0 aliphatic carbocycles. The number of aryl methyl sites for hydroxylation is 1. The van der Waals surface area contributed by atoms with Crippen LogP contribution in [0.15, 0.2) is 46.9 Å². The third-order valence-electron chi connectivity index (χ3n) is 5.16. The molecule has 0 spiro atoms. The molecule has 0 saturated carbocycles. The van der Waals surface area contributed by atoms with Gasteiger partial charge in [0.05, 0.1) is 7.11 Å². The van der Waals surface area contributed by atoms with E-state index in [9.17, 15) is 14.4 Å². The van der Waals surface area contributed by atoms with Crippen molar-refractivity contribution < 1.29 is 23.9 Å². The first kappa shape index (κ1) is 20.3. The maximum Gasteiger partial charge on any atom is 0.326 e. The van der Waals surface area contributed by atoms with Gasteiger partial charge in [0.1, 0.15) is 5.75 Å². The van der Waals surface area contributed by atoms with E-state index in [1.54, 1.807) is 30.3 Å². The number of fused-ring (bicyclic) bond motifs is 1. The number of ketones is 1. The highest BCUT2D eigenvalue weighted by molar-refractivity contribution is 9.10. The lowest BCUT2D eigenvalue weighted by Crippen LogP contribution is -2.42. The summed E-state index contributed by atoms with van der Waals surface area (Å²) in [5.74, 6) is -3.56. The van der Waals surface area contributed by atoms with Crippen LogP contribution in [0.5, 0.6) is 5.75 Å². The second-order valence-electron chi connectivity index (χ2n) is 6.87. The number of hydrogen-bond donors (Lipinski definition) is 0. The third kappa shape index (κ3) is 3.74. The molecule has 0 fully saturated rings. The van der Waals surface area contributed by atoms with Crippen LogP contribution in [0.25, 0.3) is 0 Å². The summed E-state index contributed by atoms with van der Waals surface area (Å²) < 4.78 is 11.0. The molecule has 0 N–H and O–H groups in total. The maximum atomic E-state index is 13.3. The number of methoxy groups -OCH3 is 1. The van der Waals surface area contributed by atoms with Gasteiger partial charge in [0.2, 0.25) is 0 Å². The fraction of sp³-hybridized carbons (Fsp3) is 0.318. The molecule has 0 radical (unpaired) electrons. The first-order chi connectivity index (χ1) is 13.4. The number of Topliss-reactive ketones (excluding diaryl/α,β-unsaturated/α-hetero) is 1. The van der Waals surface area contributed by atoms with Crippen molar-refractivity contribution in [3.8, 4) is 5.75 Å². The lowest BCUT2D eigenvalue weighted by molar-refractivity contribution is -0.158. The van der Waals surface area contributed by atoms with Gasteiger partial charge in [-0.2, -0.15) is 0 Å². The number of esters is 2. The van der Waals surface area contributed by atoms with Crippen molar-refractivity contribution in [1.29, 1.82) is 0 Å². The molecule has 0 unspecified atom stereocenters. The highest BCUT2D eigenvalue weighted by Crippen LogP contribution is 2.45. The Morgan fingerprint density at radius 1 is 1.18 bits per heavy atom. The molecular weight excluding hydrogens is 424 g/mol. The molecule has 2 aromatic carbocycles. The highest BCUT2D eigenvalue weighted by Gasteiger charge is 2.48. The summed E-state index contributed by atoms with van der Waals surface area (Å²) in [5, 5.41) is 0. The Morgan fingerprint density at radius 3 is 2.46 bits per heavy atom. The van der Waals surface area contributed by atoms with Crippen molar-refractivity contribution in [3.63, 3.8) is 0 Å². The van der Waals surface area contributed by atoms with Gasteiger partial charge in [-0.05, 0) is 31.5 Å². The van der Waals surface area contributed by atoms with Crippen LogP contribution in [-0.4, -0.2) is 24.8 Å². The Labute approximate surface area is 172 Å². The summed E-state index contributed by atoms with van der Waals surface area (Å²) in [4.78, 5) is 38.4. The largest absolute Gasteiger partial charge is 0.468 e. The van der Waals surface area contributed by atoms with Crippen molar-refractivity contribution >= 4 is 33.7 Å². The molecule has 1 aliphatic heterocycles. The average molecular weight is 445 g/mol. The summed E-state index contributed by atoms with van der Waals surface area (Å²) >= 11 is 3.43. The normalized spacial score (nSPS) is 19.4. The first-order valence-electron chi connectivity index (χ1n) is 9.07. The molecule has 28 heavy (non-hydrogen) atoms. The molecule has 1 aliphatic rings. The van der Waals surface area contributed by atoms with Crippen LogP contribution < -0.4 is 4.74 Å². The van der Waals surface area contributed by atoms with Crippen LogP contribution in [0.4, 0.5) is 0 Å². The van der Waals surface area contributed by atoms with E-state index in [1.165, 1.54) is 7.11 Å². The highest BCUT2D eigenvalue weighted by atomic mass is 79.9. The zero-order valence-corrected chi connectivity index (χ0v) is 17.5. The second-order valence-corrected chi connectivity index (χ2v) is 7.79. The van der Waals surface area contributed by atoms with E-state index in [-0.39, 0.29) is 5.78 Å². The fourth-order valence-corrected chi connectivity index (χ4v) is 4.10. The molecule has 3 atom stereocenters. The Kier molecular flexibility index (Phi) is 5.98. The molecule has 3 rings (SSSR count). The Morgan fingerprint density at radius 2 is 1.86 bits per heavy atom. The molecule has 6 heteroatoms. The first-order valence-corrected chi connectivity index (χ1v) is 9.86. The SMILES string of the molecule is CC[C@H](C(=O)c1ccc(C)cc1)[C@@H]1c2cc(Br)ccc2OC(=O)[C@@H]1C(=O)OC. The van der Waals surface area contributed by atoms with Crippen molar-refractivity contribution in [1.82, 2.24) is 0 Å². The van der Waals surface area contributed by atoms with Gasteiger partial charge in [0, 0.05) is 27.4 Å². The van der Waals surface area contributed by atoms with Gasteiger partial charge in [-0.3, -0.25) is 14.4 Å². The number of benzene rings is 2. The molecular formula is C22H21BrO5. The van der Waals surface area contributed by atoms with Gasteiger partial charge in [0.15, 0.2) is 11.7 Å². The smallest absolute Gasteiger partial charge is 0.326 e. The number of carbonyl (C=O) groups is 3. The molecule has 0 aromatic heterocycles. The van der Waals surface area contributed by atoms with Crippen LogP contribution in [-0.2, 0) is 14.3 Å². The number of rotatable bonds is 5. The van der Waals surface area contributed by atoms with E-state index in [0.717, 1.165) is 10.0 Å². The Balaban J connectivity index is 2.13. The minimum absolute atomic E-state index is 0.109. The van der Waals surface area contributed by atoms with Gasteiger partial charge < -0.3 is 9.47 Å². The molecule has 146 valence electrons. The number of carbonyl (C=O) groups excluding carboxylic acids is 3. The number of ether oxygens (including phenoxy) is 2. The minimum atomic E-state index is -1.19. The summed E-state index contributed by atoms with van der Waals surface area (Å²) in [6.07, 6.45) is 0.462. The zero-order valence-electron chi connectivity index (χ0n) is 15.9. The van der Waals surface area contributed by atoms with Gasteiger partial charge in [-0.15, -0.1) is 0 Å². The molecule has 2 aromatic rings. The summed E-state index contributed by atoms with van der Waals surface area (Å²) in [7, 11) is 1.23. The standard InChI is InChI=1S/C22H21BrO5/c1-4-15(20(24)13-7-5-12(2)6-8-13)18-16-11-14(23)9-10-17(16)28-22(26)19(18)21(25)27-3/h5-11,15,18-19H,4H2,1-3H3/t15-,18+,19-/m0/s1. The average Bonchev–Trinajstić information content (AvgIpc) is 2.68. The predicted molar refractivity (Wildman–Crippen MR) is 107 cm³/mol. The van der Waals surface area contributed by atoms with E-state index in [0.29, 0.717) is 23.3 Å². The number of hydrogen-bond acceptors (Lipinski definition) is 5. The van der Waals surface area contributed by atoms with E-state index in [1.807, 2.05) is 26.0 Å². The topological polar surface area (TPSA) is 69.7 Å². The van der Waals surface area contributed by atoms with Gasteiger partial charge in [-0.1, -0.05) is 52.7 Å². The molecule has 0 saturated heterocycles. The lowest BCUT2D eigenvalue weighted by Gasteiger charge is -2.34. The van der Waals surface area contributed by atoms with Gasteiger partial charge >= 0.3 is 11.9 Å². The monoisotopic (exact) mass is 444 g/mol. The van der Waals surface area contributed by atoms with Crippen molar-refractivity contribution in [2.24, 2.45) is 11.8 Å². The van der Waals surface area contributed by atoms with E-state index >= 15 is 0 Å². The maximum absolute atomic E-state index is 13.3. The van der Waals surface area contributed by atoms with Crippen LogP contribution in [0.2, 0.25) is 0 Å². The quantitative estimate of drug-likeness (QED) is 0.294. The summed E-state index contributed by atoms with van der Waals surface area (Å²) in [6, 6.07) is 12.5. The molecule has 1 heterocycles. The Bertz CT molecular complexity index is 919. The van der Waals surface area contributed by atoms with E-state index < -0.39 is 29.7 Å². The molecule has 0 bridgehead atoms. The van der Waals surface area contributed by atoms with Crippen molar-refractivity contribution in [3.05, 3.63) is 63.6 Å². The second kappa shape index (κ2) is 8.27. The van der Waals surface area contributed by atoms with Crippen LogP contribution in [0.1, 0.15) is 40.7 Å². The van der Waals surface area contributed by atoms with Crippen molar-refractivity contribution in [2.75, 3.05) is 7.11 Å². The predicted octanol–water partition coefficient (Wildman–Crippen LogP) is 4.46. The molecule has 0 amide bonds. The third-order valence-corrected chi connectivity index (χ3v) is 5.65.